The van der Waals surface area contributed by atoms with Gasteiger partial charge >= 0.3 is 0 Å². The number of ether oxygens (including phenoxy) is 1. The first-order chi connectivity index (χ1) is 9.59. The number of hydrogen-bond acceptors (Lipinski definition) is 4. The summed E-state index contributed by atoms with van der Waals surface area (Å²) in [5.41, 5.74) is 1.15. The highest BCUT2D eigenvalue weighted by molar-refractivity contribution is 7.91. The number of nitrogens with one attached hydrogen (secondary N) is 1. The van der Waals surface area contributed by atoms with E-state index in [4.69, 9.17) is 4.74 Å². The molecule has 1 aliphatic rings. The van der Waals surface area contributed by atoms with Crippen molar-refractivity contribution in [3.8, 4) is 5.75 Å². The van der Waals surface area contributed by atoms with E-state index in [9.17, 15) is 8.42 Å². The van der Waals surface area contributed by atoms with Gasteiger partial charge in [-0.05, 0) is 37.0 Å². The first kappa shape index (κ1) is 15.3. The lowest BCUT2D eigenvalue weighted by Gasteiger charge is -2.23. The van der Waals surface area contributed by atoms with E-state index in [1.54, 1.807) is 0 Å². The van der Waals surface area contributed by atoms with Crippen molar-refractivity contribution in [1.82, 2.24) is 5.32 Å². The number of rotatable bonds is 6. The summed E-state index contributed by atoms with van der Waals surface area (Å²) in [6, 6.07) is 8.06. The van der Waals surface area contributed by atoms with Crippen LogP contribution in [0.1, 0.15) is 31.7 Å². The van der Waals surface area contributed by atoms with E-state index in [-0.39, 0.29) is 11.8 Å². The van der Waals surface area contributed by atoms with E-state index < -0.39 is 9.84 Å². The van der Waals surface area contributed by atoms with Gasteiger partial charge in [0.05, 0.1) is 18.1 Å². The average Bonchev–Trinajstić information content (AvgIpc) is 2.43. The summed E-state index contributed by atoms with van der Waals surface area (Å²) >= 11 is 0. The van der Waals surface area contributed by atoms with Crippen LogP contribution in [0.15, 0.2) is 24.3 Å². The summed E-state index contributed by atoms with van der Waals surface area (Å²) in [7, 11) is -2.84. The van der Waals surface area contributed by atoms with Crippen LogP contribution in [0.25, 0.3) is 0 Å². The molecule has 4 nitrogen and oxygen atoms in total. The molecule has 0 bridgehead atoms. The maximum absolute atomic E-state index is 11.6. The molecule has 2 rings (SSSR count). The van der Waals surface area contributed by atoms with Gasteiger partial charge in [0.15, 0.2) is 9.84 Å². The van der Waals surface area contributed by atoms with Crippen LogP contribution in [0.4, 0.5) is 0 Å². The third-order valence-electron chi connectivity index (χ3n) is 3.45. The van der Waals surface area contributed by atoms with E-state index in [0.29, 0.717) is 12.3 Å². The topological polar surface area (TPSA) is 55.4 Å². The molecule has 0 amide bonds. The van der Waals surface area contributed by atoms with Crippen LogP contribution in [0.3, 0.4) is 0 Å². The average molecular weight is 297 g/mol. The Kier molecular flexibility index (Phi) is 5.43. The molecule has 0 saturated carbocycles. The summed E-state index contributed by atoms with van der Waals surface area (Å²) in [4.78, 5) is 0. The Labute approximate surface area is 121 Å². The van der Waals surface area contributed by atoms with E-state index in [0.717, 1.165) is 37.2 Å². The van der Waals surface area contributed by atoms with Gasteiger partial charge in [0.1, 0.15) is 5.75 Å². The standard InChI is InChI=1S/C15H23NO3S/c1-2-9-19-15-7-5-13(6-8-15)11-16-14-4-3-10-20(17,18)12-14/h5-8,14,16H,2-4,9-12H2,1H3. The van der Waals surface area contributed by atoms with Gasteiger partial charge in [-0.25, -0.2) is 8.42 Å². The largest absolute Gasteiger partial charge is 0.494 e. The highest BCUT2D eigenvalue weighted by Crippen LogP contribution is 2.15. The molecule has 20 heavy (non-hydrogen) atoms. The number of benzene rings is 1. The van der Waals surface area contributed by atoms with Crippen LogP contribution in [0.2, 0.25) is 0 Å². The van der Waals surface area contributed by atoms with Gasteiger partial charge in [0, 0.05) is 12.6 Å². The predicted octanol–water partition coefficient (Wildman–Crippen LogP) is 2.14. The fraction of sp³-hybridized carbons (Fsp3) is 0.600. The molecular formula is C15H23NO3S. The van der Waals surface area contributed by atoms with Gasteiger partial charge in [-0.3, -0.25) is 0 Å². The van der Waals surface area contributed by atoms with Crippen LogP contribution in [0.5, 0.6) is 5.75 Å². The lowest BCUT2D eigenvalue weighted by Crippen LogP contribution is -2.39. The van der Waals surface area contributed by atoms with Crippen molar-refractivity contribution >= 4 is 9.84 Å². The minimum absolute atomic E-state index is 0.0877. The summed E-state index contributed by atoms with van der Waals surface area (Å²) in [5.74, 6) is 1.50. The van der Waals surface area contributed by atoms with Gasteiger partial charge < -0.3 is 10.1 Å². The highest BCUT2D eigenvalue weighted by atomic mass is 32.2. The molecule has 0 spiro atoms. The van der Waals surface area contributed by atoms with Crippen LogP contribution < -0.4 is 10.1 Å². The van der Waals surface area contributed by atoms with Crippen LogP contribution >= 0.6 is 0 Å². The molecule has 0 aromatic heterocycles. The molecule has 0 radical (unpaired) electrons. The lowest BCUT2D eigenvalue weighted by molar-refractivity contribution is 0.317. The van der Waals surface area contributed by atoms with Crippen molar-refractivity contribution < 1.29 is 13.2 Å². The van der Waals surface area contributed by atoms with Crippen LogP contribution in [-0.4, -0.2) is 32.6 Å². The zero-order chi connectivity index (χ0) is 14.4. The van der Waals surface area contributed by atoms with Crippen molar-refractivity contribution in [2.75, 3.05) is 18.1 Å². The van der Waals surface area contributed by atoms with E-state index in [1.165, 1.54) is 0 Å². The van der Waals surface area contributed by atoms with Crippen LogP contribution in [-0.2, 0) is 16.4 Å². The SMILES string of the molecule is CCCOc1ccc(CNC2CCCS(=O)(=O)C2)cc1. The summed E-state index contributed by atoms with van der Waals surface area (Å²) in [5, 5.41) is 3.34. The second-order valence-electron chi connectivity index (χ2n) is 5.33. The van der Waals surface area contributed by atoms with E-state index in [1.807, 2.05) is 24.3 Å². The van der Waals surface area contributed by atoms with Crippen molar-refractivity contribution in [2.24, 2.45) is 0 Å². The van der Waals surface area contributed by atoms with Crippen molar-refractivity contribution in [3.63, 3.8) is 0 Å². The molecule has 1 unspecified atom stereocenters. The Balaban J connectivity index is 1.81. The van der Waals surface area contributed by atoms with Crippen LogP contribution in [0, 0.1) is 0 Å². The summed E-state index contributed by atoms with van der Waals surface area (Å²) < 4.78 is 28.7. The maximum Gasteiger partial charge on any atom is 0.151 e. The smallest absolute Gasteiger partial charge is 0.151 e. The van der Waals surface area contributed by atoms with Gasteiger partial charge in [-0.15, -0.1) is 0 Å². The third-order valence-corrected chi connectivity index (χ3v) is 5.28. The fourth-order valence-corrected chi connectivity index (χ4v) is 4.04. The van der Waals surface area contributed by atoms with E-state index >= 15 is 0 Å². The van der Waals surface area contributed by atoms with Crippen molar-refractivity contribution in [3.05, 3.63) is 29.8 Å². The maximum atomic E-state index is 11.6. The minimum atomic E-state index is -2.84. The Bertz CT molecular complexity index is 510. The zero-order valence-corrected chi connectivity index (χ0v) is 12.8. The summed E-state index contributed by atoms with van der Waals surface area (Å²) in [6.07, 6.45) is 2.71. The molecule has 112 valence electrons. The Hall–Kier alpha value is -1.07. The van der Waals surface area contributed by atoms with Gasteiger partial charge in [0.2, 0.25) is 0 Å². The zero-order valence-electron chi connectivity index (χ0n) is 12.0. The normalized spacial score (nSPS) is 21.6. The van der Waals surface area contributed by atoms with E-state index in [2.05, 4.69) is 12.2 Å². The molecule has 1 aliphatic heterocycles. The second kappa shape index (κ2) is 7.09. The molecule has 1 atom stereocenters. The molecule has 5 heteroatoms. The predicted molar refractivity (Wildman–Crippen MR) is 80.7 cm³/mol. The molecule has 1 fully saturated rings. The molecule has 1 aromatic carbocycles. The highest BCUT2D eigenvalue weighted by Gasteiger charge is 2.23. The number of hydrogen-bond donors (Lipinski definition) is 1. The van der Waals surface area contributed by atoms with Crippen molar-refractivity contribution in [1.29, 1.82) is 0 Å². The Morgan fingerprint density at radius 2 is 2.05 bits per heavy atom. The summed E-state index contributed by atoms with van der Waals surface area (Å²) in [6.45, 7) is 3.52. The Morgan fingerprint density at radius 3 is 2.70 bits per heavy atom. The Morgan fingerprint density at radius 1 is 1.30 bits per heavy atom. The first-order valence-corrected chi connectivity index (χ1v) is 9.07. The van der Waals surface area contributed by atoms with Gasteiger partial charge in [0.25, 0.3) is 0 Å². The monoisotopic (exact) mass is 297 g/mol. The first-order valence-electron chi connectivity index (χ1n) is 7.24. The minimum Gasteiger partial charge on any atom is -0.494 e. The van der Waals surface area contributed by atoms with Crippen molar-refractivity contribution in [2.45, 2.75) is 38.8 Å². The third kappa shape index (κ3) is 4.80. The van der Waals surface area contributed by atoms with Gasteiger partial charge in [-0.1, -0.05) is 19.1 Å². The molecular weight excluding hydrogens is 274 g/mol. The second-order valence-corrected chi connectivity index (χ2v) is 7.56. The molecule has 1 aromatic rings. The molecule has 1 heterocycles. The molecule has 1 saturated heterocycles. The fourth-order valence-electron chi connectivity index (χ4n) is 2.37. The molecule has 1 N–H and O–H groups in total. The molecule has 0 aliphatic carbocycles. The van der Waals surface area contributed by atoms with Gasteiger partial charge in [-0.2, -0.15) is 0 Å². The quantitative estimate of drug-likeness (QED) is 0.874. The number of sulfone groups is 1. The lowest BCUT2D eigenvalue weighted by atomic mass is 10.1.